The van der Waals surface area contributed by atoms with Crippen LogP contribution in [0.15, 0.2) is 12.3 Å². The number of hydrogen-bond donors (Lipinski definition) is 1. The van der Waals surface area contributed by atoms with E-state index < -0.39 is 0 Å². The van der Waals surface area contributed by atoms with Crippen LogP contribution in [0.25, 0.3) is 0 Å². The Morgan fingerprint density at radius 1 is 1.56 bits per heavy atom. The molecule has 1 N–H and O–H groups in total. The van der Waals surface area contributed by atoms with E-state index in [4.69, 9.17) is 4.74 Å². The first-order chi connectivity index (χ1) is 7.84. The second kappa shape index (κ2) is 6.01. The van der Waals surface area contributed by atoms with E-state index in [0.717, 1.165) is 44.3 Å². The predicted octanol–water partition coefficient (Wildman–Crippen LogP) is 1.33. The lowest BCUT2D eigenvalue weighted by molar-refractivity contribution is 0.122. The van der Waals surface area contributed by atoms with E-state index in [0.29, 0.717) is 0 Å². The lowest BCUT2D eigenvalue weighted by Crippen LogP contribution is -2.17. The zero-order valence-electron chi connectivity index (χ0n) is 9.98. The van der Waals surface area contributed by atoms with Crippen molar-refractivity contribution >= 4 is 0 Å². The Bertz CT molecular complexity index is 307. The molecule has 1 heterocycles. The van der Waals surface area contributed by atoms with Crippen LogP contribution in [-0.4, -0.2) is 29.5 Å². The van der Waals surface area contributed by atoms with E-state index in [9.17, 15) is 0 Å². The van der Waals surface area contributed by atoms with Crippen LogP contribution < -0.4 is 5.32 Å². The van der Waals surface area contributed by atoms with Crippen LogP contribution in [0.3, 0.4) is 0 Å². The van der Waals surface area contributed by atoms with Gasteiger partial charge in [0, 0.05) is 33.0 Å². The third-order valence-corrected chi connectivity index (χ3v) is 2.77. The Labute approximate surface area is 97.0 Å². The van der Waals surface area contributed by atoms with E-state index in [2.05, 4.69) is 10.4 Å². The van der Waals surface area contributed by atoms with Crippen molar-refractivity contribution in [2.45, 2.75) is 25.8 Å². The van der Waals surface area contributed by atoms with E-state index in [1.165, 1.54) is 12.8 Å². The molecule has 16 heavy (non-hydrogen) atoms. The van der Waals surface area contributed by atoms with Crippen LogP contribution in [0.5, 0.6) is 0 Å². The first kappa shape index (κ1) is 11.6. The van der Waals surface area contributed by atoms with Crippen molar-refractivity contribution in [1.29, 1.82) is 0 Å². The molecule has 0 atom stereocenters. The SMILES string of the molecule is Cn1ccc(CNCCCOCC2CC2)n1. The third kappa shape index (κ3) is 4.33. The second-order valence-corrected chi connectivity index (χ2v) is 4.53. The summed E-state index contributed by atoms with van der Waals surface area (Å²) < 4.78 is 7.38. The fourth-order valence-corrected chi connectivity index (χ4v) is 1.61. The third-order valence-electron chi connectivity index (χ3n) is 2.77. The van der Waals surface area contributed by atoms with E-state index in [-0.39, 0.29) is 0 Å². The lowest BCUT2D eigenvalue weighted by Gasteiger charge is -2.04. The van der Waals surface area contributed by atoms with E-state index >= 15 is 0 Å². The quantitative estimate of drug-likeness (QED) is 0.676. The van der Waals surface area contributed by atoms with Gasteiger partial charge in [-0.3, -0.25) is 4.68 Å². The standard InChI is InChI=1S/C12H21N3O/c1-15-7-5-12(14-15)9-13-6-2-8-16-10-11-3-4-11/h5,7,11,13H,2-4,6,8-10H2,1H3. The van der Waals surface area contributed by atoms with Crippen molar-refractivity contribution in [2.75, 3.05) is 19.8 Å². The van der Waals surface area contributed by atoms with Crippen LogP contribution in [0, 0.1) is 5.92 Å². The molecular formula is C12H21N3O. The highest BCUT2D eigenvalue weighted by molar-refractivity contribution is 4.97. The summed E-state index contributed by atoms with van der Waals surface area (Å²) in [6.45, 7) is 3.71. The Hall–Kier alpha value is -0.870. The summed E-state index contributed by atoms with van der Waals surface area (Å²) in [5.41, 5.74) is 1.10. The van der Waals surface area contributed by atoms with E-state index in [1.807, 2.05) is 24.0 Å². The number of ether oxygens (including phenoxy) is 1. The Morgan fingerprint density at radius 2 is 2.44 bits per heavy atom. The van der Waals surface area contributed by atoms with Gasteiger partial charge in [-0.05, 0) is 37.8 Å². The molecule has 0 aliphatic heterocycles. The number of nitrogens with zero attached hydrogens (tertiary/aromatic N) is 2. The molecule has 0 saturated heterocycles. The number of nitrogens with one attached hydrogen (secondary N) is 1. The van der Waals surface area contributed by atoms with Gasteiger partial charge in [-0.25, -0.2) is 0 Å². The highest BCUT2D eigenvalue weighted by Gasteiger charge is 2.20. The number of rotatable bonds is 8. The second-order valence-electron chi connectivity index (χ2n) is 4.53. The largest absolute Gasteiger partial charge is 0.381 e. The van der Waals surface area contributed by atoms with Gasteiger partial charge < -0.3 is 10.1 Å². The summed E-state index contributed by atoms with van der Waals surface area (Å²) in [6.07, 6.45) is 5.80. The minimum Gasteiger partial charge on any atom is -0.381 e. The molecule has 2 rings (SSSR count). The average molecular weight is 223 g/mol. The summed E-state index contributed by atoms with van der Waals surface area (Å²) in [5.74, 6) is 0.876. The summed E-state index contributed by atoms with van der Waals surface area (Å²) in [5, 5.41) is 7.66. The van der Waals surface area contributed by atoms with Crippen LogP contribution in [0.4, 0.5) is 0 Å². The van der Waals surface area contributed by atoms with Crippen molar-refractivity contribution in [1.82, 2.24) is 15.1 Å². The molecule has 0 unspecified atom stereocenters. The lowest BCUT2D eigenvalue weighted by atomic mass is 10.4. The number of hydrogen-bond acceptors (Lipinski definition) is 3. The Balaban J connectivity index is 1.42. The minimum absolute atomic E-state index is 0.851. The minimum atomic E-state index is 0.851. The van der Waals surface area contributed by atoms with Gasteiger partial charge in [-0.2, -0.15) is 5.10 Å². The van der Waals surface area contributed by atoms with Gasteiger partial charge >= 0.3 is 0 Å². The molecule has 1 saturated carbocycles. The van der Waals surface area contributed by atoms with Crippen LogP contribution >= 0.6 is 0 Å². The zero-order valence-corrected chi connectivity index (χ0v) is 9.98. The molecule has 90 valence electrons. The molecule has 1 aliphatic carbocycles. The molecule has 0 radical (unpaired) electrons. The molecule has 0 spiro atoms. The molecule has 1 aromatic heterocycles. The van der Waals surface area contributed by atoms with Gasteiger partial charge in [0.05, 0.1) is 5.69 Å². The van der Waals surface area contributed by atoms with Crippen molar-refractivity contribution < 1.29 is 4.74 Å². The first-order valence-electron chi connectivity index (χ1n) is 6.11. The maximum Gasteiger partial charge on any atom is 0.0762 e. The van der Waals surface area contributed by atoms with Gasteiger partial charge in [0.2, 0.25) is 0 Å². The molecule has 1 fully saturated rings. The molecule has 0 amide bonds. The molecule has 0 bridgehead atoms. The Morgan fingerprint density at radius 3 is 3.12 bits per heavy atom. The van der Waals surface area contributed by atoms with Gasteiger partial charge in [0.1, 0.15) is 0 Å². The van der Waals surface area contributed by atoms with Crippen LogP contribution in [0.2, 0.25) is 0 Å². The van der Waals surface area contributed by atoms with Crippen LogP contribution in [-0.2, 0) is 18.3 Å². The molecule has 0 aromatic carbocycles. The number of aryl methyl sites for hydroxylation is 1. The topological polar surface area (TPSA) is 39.1 Å². The van der Waals surface area contributed by atoms with Crippen molar-refractivity contribution in [3.05, 3.63) is 18.0 Å². The average Bonchev–Trinajstić information content (AvgIpc) is 3.00. The van der Waals surface area contributed by atoms with Gasteiger partial charge in [-0.1, -0.05) is 0 Å². The monoisotopic (exact) mass is 223 g/mol. The Kier molecular flexibility index (Phi) is 4.36. The first-order valence-corrected chi connectivity index (χ1v) is 6.11. The summed E-state index contributed by atoms with van der Waals surface area (Å²) in [7, 11) is 1.94. The predicted molar refractivity (Wildman–Crippen MR) is 63.1 cm³/mol. The van der Waals surface area contributed by atoms with Gasteiger partial charge in [0.15, 0.2) is 0 Å². The van der Waals surface area contributed by atoms with Crippen molar-refractivity contribution in [3.63, 3.8) is 0 Å². The molecule has 4 nitrogen and oxygen atoms in total. The normalized spacial score (nSPS) is 15.6. The fraction of sp³-hybridized carbons (Fsp3) is 0.750. The molecule has 1 aliphatic rings. The fourth-order valence-electron chi connectivity index (χ4n) is 1.61. The zero-order chi connectivity index (χ0) is 11.2. The number of aromatic nitrogens is 2. The van der Waals surface area contributed by atoms with Crippen LogP contribution in [0.1, 0.15) is 25.0 Å². The van der Waals surface area contributed by atoms with Gasteiger partial charge in [-0.15, -0.1) is 0 Å². The maximum atomic E-state index is 5.55. The van der Waals surface area contributed by atoms with Gasteiger partial charge in [0.25, 0.3) is 0 Å². The molecule has 4 heteroatoms. The molecular weight excluding hydrogens is 202 g/mol. The summed E-state index contributed by atoms with van der Waals surface area (Å²) in [4.78, 5) is 0. The van der Waals surface area contributed by atoms with E-state index in [1.54, 1.807) is 0 Å². The highest BCUT2D eigenvalue weighted by atomic mass is 16.5. The smallest absolute Gasteiger partial charge is 0.0762 e. The maximum absolute atomic E-state index is 5.55. The van der Waals surface area contributed by atoms with Crippen molar-refractivity contribution in [3.8, 4) is 0 Å². The highest BCUT2D eigenvalue weighted by Crippen LogP contribution is 2.28. The van der Waals surface area contributed by atoms with Crippen molar-refractivity contribution in [2.24, 2.45) is 13.0 Å². The summed E-state index contributed by atoms with van der Waals surface area (Å²) in [6, 6.07) is 2.04. The summed E-state index contributed by atoms with van der Waals surface area (Å²) >= 11 is 0. The molecule has 1 aromatic rings.